The Morgan fingerprint density at radius 3 is 1.54 bits per heavy atom. The second kappa shape index (κ2) is 7.45. The second-order valence-corrected chi connectivity index (χ2v) is 22.4. The summed E-state index contributed by atoms with van der Waals surface area (Å²) in [6.45, 7) is 13.6. The molecule has 0 amide bonds. The maximum Gasteiger partial charge on any atom is 0.259 e. The lowest BCUT2D eigenvalue weighted by Crippen LogP contribution is -2.63. The van der Waals surface area contributed by atoms with Crippen molar-refractivity contribution in [3.8, 4) is 0 Å². The normalized spacial score (nSPS) is 15.3. The molecule has 0 saturated carbocycles. The third-order valence-corrected chi connectivity index (χ3v) is 17.3. The summed E-state index contributed by atoms with van der Waals surface area (Å²) in [5, 5.41) is 3.13. The summed E-state index contributed by atoms with van der Waals surface area (Å²) >= 11 is 0. The fourth-order valence-corrected chi connectivity index (χ4v) is 18.7. The quantitative estimate of drug-likeness (QED) is 0.675. The van der Waals surface area contributed by atoms with E-state index in [4.69, 9.17) is 4.03 Å². The highest BCUT2D eigenvalue weighted by Gasteiger charge is 2.50. The zero-order chi connectivity index (χ0) is 19.6. The number of nitrogens with zero attached hydrogens (tertiary/aromatic N) is 1. The van der Waals surface area contributed by atoms with Gasteiger partial charge in [-0.15, -0.1) is 0 Å². The first-order valence-electron chi connectivity index (χ1n) is 9.19. The van der Waals surface area contributed by atoms with Crippen molar-refractivity contribution in [3.05, 3.63) is 60.7 Å². The van der Waals surface area contributed by atoms with Crippen molar-refractivity contribution in [3.63, 3.8) is 0 Å². The van der Waals surface area contributed by atoms with E-state index in [1.165, 1.54) is 10.4 Å². The molecule has 0 aliphatic carbocycles. The molecule has 1 unspecified atom stereocenters. The van der Waals surface area contributed by atoms with Crippen LogP contribution in [-0.2, 0) is 9.73 Å². The minimum atomic E-state index is -2.61. The summed E-state index contributed by atoms with van der Waals surface area (Å²) in [7, 11) is -6.39. The lowest BCUT2D eigenvalue weighted by molar-refractivity contribution is 0.682. The van der Waals surface area contributed by atoms with E-state index in [-0.39, 0.29) is 5.04 Å². The molecule has 2 rings (SSSR count). The van der Waals surface area contributed by atoms with Gasteiger partial charge in [-0.1, -0.05) is 101 Å². The van der Waals surface area contributed by atoms with Crippen molar-refractivity contribution in [2.75, 3.05) is 11.6 Å². The van der Waals surface area contributed by atoms with E-state index in [0.717, 1.165) is 5.38 Å². The van der Waals surface area contributed by atoms with Crippen molar-refractivity contribution in [2.45, 2.75) is 45.5 Å². The SMILES string of the molecule is CC(C)(C)[Si](N=S(C)(=O)C[Si](C)(C)C)(c1ccccc1)c1ccccc1. The molecule has 0 spiro atoms. The van der Waals surface area contributed by atoms with Gasteiger partial charge < -0.3 is 0 Å². The molecule has 26 heavy (non-hydrogen) atoms. The van der Waals surface area contributed by atoms with Crippen LogP contribution >= 0.6 is 0 Å². The Morgan fingerprint density at radius 2 is 1.23 bits per heavy atom. The zero-order valence-electron chi connectivity index (χ0n) is 17.2. The van der Waals surface area contributed by atoms with E-state index in [9.17, 15) is 4.21 Å². The van der Waals surface area contributed by atoms with Crippen LogP contribution in [0.5, 0.6) is 0 Å². The van der Waals surface area contributed by atoms with Crippen molar-refractivity contribution in [1.82, 2.24) is 0 Å². The van der Waals surface area contributed by atoms with E-state index in [1.807, 2.05) is 18.4 Å². The standard InChI is InChI=1S/C21H33NOSSi2/c1-21(2,3)26(19-14-10-8-11-15-19,20-16-12-9-13-17-20)22-24(4,23)18-25(5,6)7/h8-17H,18H2,1-7H3. The Kier molecular flexibility index (Phi) is 6.05. The Morgan fingerprint density at radius 1 is 0.846 bits per heavy atom. The third-order valence-electron chi connectivity index (χ3n) is 4.50. The van der Waals surface area contributed by atoms with Gasteiger partial charge in [-0.3, -0.25) is 8.24 Å². The molecule has 0 fully saturated rings. The Labute approximate surface area is 162 Å². The van der Waals surface area contributed by atoms with E-state index in [0.29, 0.717) is 0 Å². The maximum atomic E-state index is 13.7. The van der Waals surface area contributed by atoms with Crippen LogP contribution in [0.2, 0.25) is 24.7 Å². The van der Waals surface area contributed by atoms with Gasteiger partial charge in [0.05, 0.1) is 8.07 Å². The monoisotopic (exact) mass is 403 g/mol. The molecule has 0 N–H and O–H groups in total. The van der Waals surface area contributed by atoms with Gasteiger partial charge in [-0.2, -0.15) is 0 Å². The second-order valence-electron chi connectivity index (χ2n) is 9.45. The molecule has 0 saturated heterocycles. The van der Waals surface area contributed by atoms with Gasteiger partial charge in [0, 0.05) is 21.4 Å². The number of hydrogen-bond donors (Lipinski definition) is 0. The lowest BCUT2D eigenvalue weighted by atomic mass is 10.2. The minimum Gasteiger partial charge on any atom is -0.266 e. The highest BCUT2D eigenvalue weighted by atomic mass is 32.2. The Bertz CT molecular complexity index is 804. The smallest absolute Gasteiger partial charge is 0.259 e. The molecule has 0 bridgehead atoms. The van der Waals surface area contributed by atoms with Crippen LogP contribution < -0.4 is 10.4 Å². The molecule has 5 heteroatoms. The summed E-state index contributed by atoms with van der Waals surface area (Å²) in [5.74, 6) is 0. The lowest BCUT2D eigenvalue weighted by Gasteiger charge is -2.40. The van der Waals surface area contributed by atoms with Crippen LogP contribution in [0.4, 0.5) is 0 Å². The van der Waals surface area contributed by atoms with E-state index in [2.05, 4.69) is 88.9 Å². The summed E-state index contributed by atoms with van der Waals surface area (Å²) in [4.78, 5) is 0. The van der Waals surface area contributed by atoms with Gasteiger partial charge in [-0.25, -0.2) is 0 Å². The van der Waals surface area contributed by atoms with Crippen LogP contribution in [0.1, 0.15) is 20.8 Å². The number of hydrogen-bond acceptors (Lipinski definition) is 2. The highest BCUT2D eigenvalue weighted by molar-refractivity contribution is 7.95. The minimum absolute atomic E-state index is 0.0895. The molecule has 142 valence electrons. The molecule has 1 atom stereocenters. The van der Waals surface area contributed by atoms with Crippen molar-refractivity contribution in [1.29, 1.82) is 0 Å². The molecule has 0 aliphatic heterocycles. The first-order valence-corrected chi connectivity index (χ1v) is 16.9. The predicted octanol–water partition coefficient (Wildman–Crippen LogP) is 4.52. The molecule has 2 aromatic rings. The fourth-order valence-electron chi connectivity index (χ4n) is 3.76. The maximum absolute atomic E-state index is 13.7. The first kappa shape index (κ1) is 21.1. The molecule has 0 aliphatic rings. The molecule has 2 aromatic carbocycles. The molecular weight excluding hydrogens is 370 g/mol. The van der Waals surface area contributed by atoms with Gasteiger partial charge in [0.2, 0.25) is 0 Å². The molecule has 2 nitrogen and oxygen atoms in total. The van der Waals surface area contributed by atoms with Crippen molar-refractivity contribution < 1.29 is 4.21 Å². The van der Waals surface area contributed by atoms with Crippen LogP contribution in [0.15, 0.2) is 64.7 Å². The first-order chi connectivity index (χ1) is 11.9. The number of benzene rings is 2. The average molecular weight is 404 g/mol. The largest absolute Gasteiger partial charge is 0.266 e. The van der Waals surface area contributed by atoms with E-state index in [1.54, 1.807) is 0 Å². The molecular formula is C21H33NOSSi2. The summed E-state index contributed by atoms with van der Waals surface area (Å²) in [6.07, 6.45) is 1.88. The van der Waals surface area contributed by atoms with Gasteiger partial charge in [0.1, 0.15) is 0 Å². The molecule has 0 heterocycles. The Balaban J connectivity index is 2.88. The van der Waals surface area contributed by atoms with Crippen LogP contribution in [0.25, 0.3) is 0 Å². The zero-order valence-corrected chi connectivity index (χ0v) is 20.1. The summed E-state index contributed by atoms with van der Waals surface area (Å²) in [5.41, 5.74) is 0. The van der Waals surface area contributed by atoms with Gasteiger partial charge in [-0.05, 0) is 15.4 Å². The highest BCUT2D eigenvalue weighted by Crippen LogP contribution is 2.37. The van der Waals surface area contributed by atoms with E-state index >= 15 is 0 Å². The summed E-state index contributed by atoms with van der Waals surface area (Å²) < 4.78 is 19.1. The van der Waals surface area contributed by atoms with Crippen LogP contribution in [0, 0.1) is 0 Å². The average Bonchev–Trinajstić information content (AvgIpc) is 2.51. The van der Waals surface area contributed by atoms with Gasteiger partial charge in [0.15, 0.2) is 0 Å². The van der Waals surface area contributed by atoms with Crippen LogP contribution in [0.3, 0.4) is 0 Å². The van der Waals surface area contributed by atoms with Crippen molar-refractivity contribution in [2.24, 2.45) is 4.03 Å². The van der Waals surface area contributed by atoms with Gasteiger partial charge >= 0.3 is 0 Å². The molecule has 0 aromatic heterocycles. The number of rotatable bonds is 5. The predicted molar refractivity (Wildman–Crippen MR) is 122 cm³/mol. The molecule has 0 radical (unpaired) electrons. The van der Waals surface area contributed by atoms with E-state index < -0.39 is 26.0 Å². The topological polar surface area (TPSA) is 29.4 Å². The van der Waals surface area contributed by atoms with Crippen LogP contribution in [-0.4, -0.2) is 32.2 Å². The third kappa shape index (κ3) is 4.75. The van der Waals surface area contributed by atoms with Crippen molar-refractivity contribution >= 4 is 36.4 Å². The fraction of sp³-hybridized carbons (Fsp3) is 0.429. The Hall–Kier alpha value is -1.18. The van der Waals surface area contributed by atoms with Gasteiger partial charge in [0.25, 0.3) is 8.24 Å². The summed E-state index contributed by atoms with van der Waals surface area (Å²) in [6, 6.07) is 21.1.